The molecule has 0 aromatic rings. The number of nitriles is 1. The second-order valence-corrected chi connectivity index (χ2v) is 3.78. The highest BCUT2D eigenvalue weighted by Gasteiger charge is 2.83. The van der Waals surface area contributed by atoms with Crippen molar-refractivity contribution < 1.29 is 54.2 Å². The second kappa shape index (κ2) is 6.17. The molecule has 0 aliphatic carbocycles. The Hall–Kier alpha value is -2.13. The number of alkyl halides is 9. The van der Waals surface area contributed by atoms with E-state index in [1.54, 1.807) is 0 Å². The maximum absolute atomic E-state index is 13.3. The van der Waals surface area contributed by atoms with Crippen molar-refractivity contribution >= 4 is 5.97 Å². The van der Waals surface area contributed by atoms with Gasteiger partial charge in [-0.05, 0) is 6.92 Å². The normalized spacial score (nSPS) is 14.8. The van der Waals surface area contributed by atoms with Crippen LogP contribution in [0.4, 0.5) is 39.5 Å². The van der Waals surface area contributed by atoms with Crippen LogP contribution in [0.5, 0.6) is 0 Å². The minimum Gasteiger partial charge on any atom is -0.505 e. The molecule has 13 heteroatoms. The van der Waals surface area contributed by atoms with Crippen molar-refractivity contribution in [2.45, 2.75) is 30.9 Å². The number of nitrogens with zero attached hydrogens (tertiary/aromatic N) is 1. The fourth-order valence-corrected chi connectivity index (χ4v) is 1.08. The van der Waals surface area contributed by atoms with Crippen LogP contribution >= 0.6 is 0 Å². The van der Waals surface area contributed by atoms with Gasteiger partial charge in [-0.25, -0.2) is 4.79 Å². The average molecular weight is 359 g/mol. The molecule has 0 atom stereocenters. The van der Waals surface area contributed by atoms with Crippen LogP contribution in [0, 0.1) is 11.3 Å². The lowest BCUT2D eigenvalue weighted by Crippen LogP contribution is -2.61. The number of aliphatic hydroxyl groups excluding tert-OH is 1. The highest BCUT2D eigenvalue weighted by molar-refractivity contribution is 5.93. The number of carbonyl (C=O) groups is 1. The number of esters is 1. The summed E-state index contributed by atoms with van der Waals surface area (Å²) < 4.78 is 117. The SMILES string of the molecule is CCOC(=O)C(C#N)=C(O)C(F)(F)C(F)(F)C(F)(F)C(F)(F)F. The lowest BCUT2D eigenvalue weighted by molar-refractivity contribution is -0.392. The lowest BCUT2D eigenvalue weighted by Gasteiger charge is -2.33. The van der Waals surface area contributed by atoms with E-state index in [2.05, 4.69) is 4.74 Å². The van der Waals surface area contributed by atoms with Gasteiger partial charge in [-0.1, -0.05) is 0 Å². The zero-order valence-electron chi connectivity index (χ0n) is 10.8. The van der Waals surface area contributed by atoms with Crippen LogP contribution in [0.2, 0.25) is 0 Å². The molecular formula is C10H6F9NO3. The number of carbonyl (C=O) groups excluding carboxylic acids is 1. The molecule has 23 heavy (non-hydrogen) atoms. The topological polar surface area (TPSA) is 70.3 Å². The van der Waals surface area contributed by atoms with Crippen LogP contribution in [0.3, 0.4) is 0 Å². The standard InChI is InChI=1S/C10H6F9NO3/c1-2-23-6(22)4(3-20)5(21)7(11,12)8(13,14)9(15,16)10(17,18)19/h21H,2H2,1H3. The molecule has 0 aromatic carbocycles. The van der Waals surface area contributed by atoms with Crippen molar-refractivity contribution in [1.29, 1.82) is 5.26 Å². The van der Waals surface area contributed by atoms with Crippen LogP contribution in [0.1, 0.15) is 6.92 Å². The smallest absolute Gasteiger partial charge is 0.460 e. The summed E-state index contributed by atoms with van der Waals surface area (Å²) in [7, 11) is 0. The highest BCUT2D eigenvalue weighted by atomic mass is 19.4. The van der Waals surface area contributed by atoms with E-state index in [0.29, 0.717) is 6.07 Å². The Morgan fingerprint density at radius 3 is 1.78 bits per heavy atom. The van der Waals surface area contributed by atoms with Crippen molar-refractivity contribution in [3.8, 4) is 6.07 Å². The van der Waals surface area contributed by atoms with E-state index in [0.717, 1.165) is 6.92 Å². The number of ether oxygens (including phenoxy) is 1. The molecule has 0 heterocycles. The van der Waals surface area contributed by atoms with Crippen molar-refractivity contribution in [2.24, 2.45) is 0 Å². The molecule has 1 N–H and O–H groups in total. The van der Waals surface area contributed by atoms with Crippen LogP contribution in [0.15, 0.2) is 11.3 Å². The lowest BCUT2D eigenvalue weighted by atomic mass is 9.99. The summed E-state index contributed by atoms with van der Waals surface area (Å²) in [5.41, 5.74) is -2.24. The number of hydrogen-bond donors (Lipinski definition) is 1. The summed E-state index contributed by atoms with van der Waals surface area (Å²) in [5, 5.41) is 17.2. The predicted molar refractivity (Wildman–Crippen MR) is 52.8 cm³/mol. The Bertz CT molecular complexity index is 545. The summed E-state index contributed by atoms with van der Waals surface area (Å²) in [6, 6.07) is 0.470. The number of rotatable bonds is 5. The van der Waals surface area contributed by atoms with Crippen LogP contribution in [-0.2, 0) is 9.53 Å². The molecule has 0 unspecified atom stereocenters. The van der Waals surface area contributed by atoms with E-state index < -0.39 is 47.9 Å². The zero-order valence-corrected chi connectivity index (χ0v) is 10.8. The monoisotopic (exact) mass is 359 g/mol. The first-order chi connectivity index (χ1) is 10.1. The molecule has 132 valence electrons. The van der Waals surface area contributed by atoms with E-state index in [1.165, 1.54) is 0 Å². The fraction of sp³-hybridized carbons (Fsp3) is 0.600. The number of halogens is 9. The Morgan fingerprint density at radius 2 is 1.48 bits per heavy atom. The van der Waals surface area contributed by atoms with Crippen molar-refractivity contribution in [2.75, 3.05) is 6.61 Å². The molecule has 0 saturated heterocycles. The third-order valence-corrected chi connectivity index (χ3v) is 2.27. The molecule has 4 nitrogen and oxygen atoms in total. The Morgan fingerprint density at radius 1 is 1.04 bits per heavy atom. The summed E-state index contributed by atoms with van der Waals surface area (Å²) >= 11 is 0. The Labute approximate surface area is 121 Å². The first kappa shape index (κ1) is 20.9. The number of allylic oxidation sites excluding steroid dienone is 1. The van der Waals surface area contributed by atoms with Crippen LogP contribution in [0.25, 0.3) is 0 Å². The number of hydrogen-bond acceptors (Lipinski definition) is 4. The van der Waals surface area contributed by atoms with Crippen LogP contribution in [-0.4, -0.2) is 41.6 Å². The maximum atomic E-state index is 13.3. The average Bonchev–Trinajstić information content (AvgIpc) is 2.37. The summed E-state index contributed by atoms with van der Waals surface area (Å²) in [5.74, 6) is -26.4. The van der Waals surface area contributed by atoms with Gasteiger partial charge >= 0.3 is 29.9 Å². The first-order valence-corrected chi connectivity index (χ1v) is 5.30. The number of aliphatic hydroxyl groups is 1. The molecule has 0 amide bonds. The fourth-order valence-electron chi connectivity index (χ4n) is 1.08. The molecule has 0 fully saturated rings. The van der Waals surface area contributed by atoms with E-state index in [-0.39, 0.29) is 0 Å². The van der Waals surface area contributed by atoms with Crippen molar-refractivity contribution in [3.63, 3.8) is 0 Å². The van der Waals surface area contributed by atoms with E-state index in [1.807, 2.05) is 0 Å². The molecule has 0 rings (SSSR count). The van der Waals surface area contributed by atoms with Gasteiger partial charge in [-0.15, -0.1) is 0 Å². The Kier molecular flexibility index (Phi) is 5.60. The van der Waals surface area contributed by atoms with Gasteiger partial charge < -0.3 is 9.84 Å². The van der Waals surface area contributed by atoms with Gasteiger partial charge in [0, 0.05) is 0 Å². The Balaban J connectivity index is 6.25. The first-order valence-electron chi connectivity index (χ1n) is 5.30. The second-order valence-electron chi connectivity index (χ2n) is 3.78. The minimum absolute atomic E-state index is 0.470. The quantitative estimate of drug-likeness (QED) is 0.269. The molecule has 0 aliphatic heterocycles. The van der Waals surface area contributed by atoms with E-state index >= 15 is 0 Å². The van der Waals surface area contributed by atoms with Gasteiger partial charge in [0.05, 0.1) is 6.61 Å². The van der Waals surface area contributed by atoms with Gasteiger partial charge in [-0.2, -0.15) is 44.8 Å². The molecule has 0 bridgehead atoms. The van der Waals surface area contributed by atoms with Gasteiger partial charge in [0.2, 0.25) is 0 Å². The molecule has 0 aromatic heterocycles. The van der Waals surface area contributed by atoms with E-state index in [9.17, 15) is 44.3 Å². The van der Waals surface area contributed by atoms with Gasteiger partial charge in [0.1, 0.15) is 6.07 Å². The largest absolute Gasteiger partial charge is 0.505 e. The van der Waals surface area contributed by atoms with Gasteiger partial charge in [0.25, 0.3) is 0 Å². The minimum atomic E-state index is -7.27. The van der Waals surface area contributed by atoms with Gasteiger partial charge in [0.15, 0.2) is 11.3 Å². The molecular weight excluding hydrogens is 353 g/mol. The maximum Gasteiger partial charge on any atom is 0.460 e. The summed E-state index contributed by atoms with van der Waals surface area (Å²) in [6.07, 6.45) is -7.10. The third kappa shape index (κ3) is 3.30. The molecule has 0 spiro atoms. The molecule has 0 saturated carbocycles. The van der Waals surface area contributed by atoms with Crippen LogP contribution < -0.4 is 0 Å². The van der Waals surface area contributed by atoms with Crippen molar-refractivity contribution in [3.05, 3.63) is 11.3 Å². The van der Waals surface area contributed by atoms with E-state index in [4.69, 9.17) is 10.4 Å². The van der Waals surface area contributed by atoms with Crippen molar-refractivity contribution in [1.82, 2.24) is 0 Å². The summed E-state index contributed by atoms with van der Waals surface area (Å²) in [6.45, 7) is 0.465. The molecule has 0 radical (unpaired) electrons. The predicted octanol–water partition coefficient (Wildman–Crippen LogP) is 3.35. The zero-order chi connectivity index (χ0) is 18.9. The molecule has 0 aliphatic rings. The summed E-state index contributed by atoms with van der Waals surface area (Å²) in [4.78, 5) is 11.0. The third-order valence-electron chi connectivity index (χ3n) is 2.27. The van der Waals surface area contributed by atoms with Gasteiger partial charge in [-0.3, -0.25) is 0 Å². The highest BCUT2D eigenvalue weighted by Crippen LogP contribution is 2.55.